The molecule has 1 aliphatic heterocycles. The van der Waals surface area contributed by atoms with Crippen molar-refractivity contribution >= 4 is 21.8 Å². The lowest BCUT2D eigenvalue weighted by Gasteiger charge is -2.38. The molecule has 10 heteroatoms. The number of nitrogens with two attached hydrogens (primary N) is 1. The predicted molar refractivity (Wildman–Crippen MR) is 99.6 cm³/mol. The molecule has 0 saturated carbocycles. The number of carbonyl (C=O) groups excluding carboxylic acids is 2. The summed E-state index contributed by atoms with van der Waals surface area (Å²) in [5.41, 5.74) is 7.97. The predicted octanol–water partition coefficient (Wildman–Crippen LogP) is -0.442. The molecule has 0 radical (unpaired) electrons. The Bertz CT molecular complexity index is 788. The van der Waals surface area contributed by atoms with Crippen molar-refractivity contribution in [3.05, 3.63) is 35.4 Å². The molecule has 1 aromatic rings. The smallest absolute Gasteiger partial charge is 0.261 e. The molecule has 150 valence electrons. The van der Waals surface area contributed by atoms with E-state index in [1.54, 1.807) is 48.5 Å². The van der Waals surface area contributed by atoms with E-state index >= 15 is 0 Å². The quantitative estimate of drug-likeness (QED) is 0.421. The summed E-state index contributed by atoms with van der Waals surface area (Å²) in [6.07, 6.45) is 0.169. The van der Waals surface area contributed by atoms with Gasteiger partial charge in [-0.05, 0) is 31.9 Å². The molecular formula is C17H26N4O5S. The maximum Gasteiger partial charge on any atom is 0.261 e. The number of nitrogens with one attached hydrogen (secondary N) is 1. The number of hydrogen-bond acceptors (Lipinski definition) is 6. The van der Waals surface area contributed by atoms with E-state index in [4.69, 9.17) is 10.9 Å². The molecule has 2 rings (SSSR count). The summed E-state index contributed by atoms with van der Waals surface area (Å²) >= 11 is 0. The summed E-state index contributed by atoms with van der Waals surface area (Å²) in [7, 11) is -3.36. The molecule has 27 heavy (non-hydrogen) atoms. The Kier molecular flexibility index (Phi) is 6.93. The molecule has 2 amide bonds. The van der Waals surface area contributed by atoms with Crippen LogP contribution in [-0.4, -0.2) is 72.1 Å². The first-order valence-electron chi connectivity index (χ1n) is 8.73. The third kappa shape index (κ3) is 4.83. The van der Waals surface area contributed by atoms with Gasteiger partial charge in [0.25, 0.3) is 5.91 Å². The molecule has 0 aliphatic carbocycles. The molecule has 4 N–H and O–H groups in total. The largest absolute Gasteiger partial charge is 0.366 e. The van der Waals surface area contributed by atoms with Crippen LogP contribution < -0.4 is 11.2 Å². The Morgan fingerprint density at radius 1 is 1.19 bits per heavy atom. The highest BCUT2D eigenvalue weighted by molar-refractivity contribution is 7.89. The summed E-state index contributed by atoms with van der Waals surface area (Å²) < 4.78 is 26.0. The molecule has 1 heterocycles. The van der Waals surface area contributed by atoms with Gasteiger partial charge >= 0.3 is 0 Å². The van der Waals surface area contributed by atoms with Crippen LogP contribution in [0.1, 0.15) is 29.8 Å². The third-order valence-corrected chi connectivity index (χ3v) is 7.05. The first-order chi connectivity index (χ1) is 12.7. The second-order valence-electron chi connectivity index (χ2n) is 6.75. The van der Waals surface area contributed by atoms with Gasteiger partial charge in [0.2, 0.25) is 15.9 Å². The molecule has 9 nitrogen and oxygen atoms in total. The number of rotatable bonds is 7. The highest BCUT2D eigenvalue weighted by atomic mass is 32.2. The topological polar surface area (TPSA) is 133 Å². The van der Waals surface area contributed by atoms with Gasteiger partial charge in [-0.2, -0.15) is 4.31 Å². The van der Waals surface area contributed by atoms with Crippen molar-refractivity contribution < 1.29 is 23.2 Å². The number of piperazine rings is 1. The number of hydroxylamine groups is 1. The fourth-order valence-electron chi connectivity index (χ4n) is 3.18. The zero-order valence-electron chi connectivity index (χ0n) is 15.5. The van der Waals surface area contributed by atoms with Crippen LogP contribution in [-0.2, 0) is 21.2 Å². The first kappa shape index (κ1) is 21.3. The van der Waals surface area contributed by atoms with Gasteiger partial charge in [0, 0.05) is 31.7 Å². The van der Waals surface area contributed by atoms with E-state index in [1.807, 2.05) is 0 Å². The number of amides is 2. The van der Waals surface area contributed by atoms with E-state index in [9.17, 15) is 18.0 Å². The van der Waals surface area contributed by atoms with Crippen molar-refractivity contribution in [3.8, 4) is 0 Å². The lowest BCUT2D eigenvalue weighted by Crippen LogP contribution is -2.57. The fraction of sp³-hybridized carbons (Fsp3) is 0.529. The SMILES string of the molecule is CC(C)S(=O)(=O)N1CCN([C@@H](Cc2ccccc2C(N)=O)C(=O)NO)CC1. The number of hydrogen-bond donors (Lipinski definition) is 3. The van der Waals surface area contributed by atoms with Gasteiger partial charge in [0.15, 0.2) is 0 Å². The minimum absolute atomic E-state index is 0.169. The average Bonchev–Trinajstić information content (AvgIpc) is 2.65. The maximum absolute atomic E-state index is 12.3. The third-order valence-electron chi connectivity index (χ3n) is 4.78. The molecule has 1 saturated heterocycles. The molecule has 0 aromatic heterocycles. The van der Waals surface area contributed by atoms with Crippen molar-refractivity contribution in [2.75, 3.05) is 26.2 Å². The number of benzene rings is 1. The van der Waals surface area contributed by atoms with Gasteiger partial charge in [-0.1, -0.05) is 18.2 Å². The lowest BCUT2D eigenvalue weighted by molar-refractivity contribution is -0.135. The van der Waals surface area contributed by atoms with Crippen LogP contribution in [0.4, 0.5) is 0 Å². The van der Waals surface area contributed by atoms with Crippen molar-refractivity contribution in [1.82, 2.24) is 14.7 Å². The van der Waals surface area contributed by atoms with Gasteiger partial charge in [0.1, 0.15) is 0 Å². The summed E-state index contributed by atoms with van der Waals surface area (Å²) in [6, 6.07) is 5.96. The number of carbonyl (C=O) groups is 2. The van der Waals surface area contributed by atoms with Crippen LogP contribution in [0.2, 0.25) is 0 Å². The van der Waals surface area contributed by atoms with Crippen LogP contribution in [0.3, 0.4) is 0 Å². The average molecular weight is 398 g/mol. The van der Waals surface area contributed by atoms with Gasteiger partial charge < -0.3 is 5.73 Å². The Morgan fingerprint density at radius 3 is 2.30 bits per heavy atom. The standard InChI is InChI=1S/C17H26N4O5S/c1-12(2)27(25,26)21-9-7-20(8-10-21)15(17(23)19-24)11-13-5-3-4-6-14(13)16(18)22/h3-6,12,15,24H,7-11H2,1-2H3,(H2,18,22)(H,19,23)/t15-/m0/s1. The molecule has 1 fully saturated rings. The lowest BCUT2D eigenvalue weighted by atomic mass is 9.98. The zero-order valence-corrected chi connectivity index (χ0v) is 16.3. The van der Waals surface area contributed by atoms with Crippen molar-refractivity contribution in [1.29, 1.82) is 0 Å². The van der Waals surface area contributed by atoms with Crippen LogP contribution in [0.25, 0.3) is 0 Å². The van der Waals surface area contributed by atoms with Crippen LogP contribution in [0.15, 0.2) is 24.3 Å². The second-order valence-corrected chi connectivity index (χ2v) is 9.24. The minimum Gasteiger partial charge on any atom is -0.366 e. The summed E-state index contributed by atoms with van der Waals surface area (Å²) in [4.78, 5) is 25.7. The molecule has 1 atom stereocenters. The van der Waals surface area contributed by atoms with Gasteiger partial charge in [-0.15, -0.1) is 0 Å². The van der Waals surface area contributed by atoms with E-state index in [1.165, 1.54) is 4.31 Å². The Labute approximate surface area is 159 Å². The molecule has 1 aromatic carbocycles. The Morgan fingerprint density at radius 2 is 1.78 bits per heavy atom. The normalized spacial score (nSPS) is 17.6. The number of sulfonamides is 1. The van der Waals surface area contributed by atoms with Gasteiger partial charge in [-0.25, -0.2) is 13.9 Å². The molecule has 1 aliphatic rings. The van der Waals surface area contributed by atoms with Gasteiger partial charge in [-0.3, -0.25) is 19.7 Å². The van der Waals surface area contributed by atoms with Crippen molar-refractivity contribution in [2.45, 2.75) is 31.6 Å². The van der Waals surface area contributed by atoms with E-state index in [-0.39, 0.29) is 19.5 Å². The van der Waals surface area contributed by atoms with Crippen molar-refractivity contribution in [3.63, 3.8) is 0 Å². The molecule has 0 spiro atoms. The van der Waals surface area contributed by atoms with E-state index in [0.717, 1.165) is 0 Å². The Hall–Kier alpha value is -2.01. The maximum atomic E-state index is 12.3. The number of primary amides is 1. The summed E-state index contributed by atoms with van der Waals surface area (Å²) in [6.45, 7) is 4.45. The van der Waals surface area contributed by atoms with E-state index in [2.05, 4.69) is 0 Å². The zero-order chi connectivity index (χ0) is 20.2. The second kappa shape index (κ2) is 8.79. The van der Waals surface area contributed by atoms with Crippen molar-refractivity contribution in [2.24, 2.45) is 5.73 Å². The fourth-order valence-corrected chi connectivity index (χ4v) is 4.45. The Balaban J connectivity index is 2.18. The minimum atomic E-state index is -3.36. The first-order valence-corrected chi connectivity index (χ1v) is 10.2. The summed E-state index contributed by atoms with van der Waals surface area (Å²) in [5, 5.41) is 8.61. The van der Waals surface area contributed by atoms with Crippen LogP contribution in [0.5, 0.6) is 0 Å². The summed E-state index contributed by atoms with van der Waals surface area (Å²) in [5.74, 6) is -1.21. The van der Waals surface area contributed by atoms with E-state index in [0.29, 0.717) is 24.2 Å². The van der Waals surface area contributed by atoms with E-state index < -0.39 is 33.1 Å². The molecule has 0 unspecified atom stereocenters. The molecular weight excluding hydrogens is 372 g/mol. The number of nitrogens with zero attached hydrogens (tertiary/aromatic N) is 2. The van der Waals surface area contributed by atoms with Crippen LogP contribution in [0, 0.1) is 0 Å². The molecule has 0 bridgehead atoms. The highest BCUT2D eigenvalue weighted by Crippen LogP contribution is 2.18. The highest BCUT2D eigenvalue weighted by Gasteiger charge is 2.34. The van der Waals surface area contributed by atoms with Gasteiger partial charge in [0.05, 0.1) is 11.3 Å². The van der Waals surface area contributed by atoms with Crippen LogP contribution >= 0.6 is 0 Å². The monoisotopic (exact) mass is 398 g/mol.